The Morgan fingerprint density at radius 1 is 1.14 bits per heavy atom. The zero-order valence-electron chi connectivity index (χ0n) is 15.2. The average Bonchev–Trinajstić information content (AvgIpc) is 3.16. The summed E-state index contributed by atoms with van der Waals surface area (Å²) < 4.78 is 10.3. The predicted molar refractivity (Wildman–Crippen MR) is 107 cm³/mol. The molecule has 0 unspecified atom stereocenters. The lowest BCUT2D eigenvalue weighted by Gasteiger charge is -2.08. The van der Waals surface area contributed by atoms with Crippen molar-refractivity contribution in [2.75, 3.05) is 12.4 Å². The standard InChI is InChI=1S/C20H17N3O4S/c1-13(24)27-17-8-6-14(11-18(17)26-2)7-9-19(25)23-20-22-16(12-28-20)15-5-3-4-10-21-15/h3-12H,1-2H3,(H,22,23,25)/b9-7+. The van der Waals surface area contributed by atoms with Crippen LogP contribution in [0.15, 0.2) is 54.1 Å². The van der Waals surface area contributed by atoms with E-state index in [9.17, 15) is 9.59 Å². The van der Waals surface area contributed by atoms with Gasteiger partial charge in [-0.05, 0) is 35.9 Å². The summed E-state index contributed by atoms with van der Waals surface area (Å²) in [5, 5.41) is 5.04. The summed E-state index contributed by atoms with van der Waals surface area (Å²) in [6.07, 6.45) is 4.71. The van der Waals surface area contributed by atoms with Crippen molar-refractivity contribution in [2.24, 2.45) is 0 Å². The van der Waals surface area contributed by atoms with Gasteiger partial charge in [-0.2, -0.15) is 0 Å². The molecule has 0 fully saturated rings. The molecule has 2 aromatic heterocycles. The van der Waals surface area contributed by atoms with E-state index in [4.69, 9.17) is 9.47 Å². The van der Waals surface area contributed by atoms with Crippen LogP contribution in [-0.4, -0.2) is 29.0 Å². The zero-order valence-corrected chi connectivity index (χ0v) is 16.0. The number of nitrogens with one attached hydrogen (secondary N) is 1. The first-order chi connectivity index (χ1) is 13.5. The molecule has 8 heteroatoms. The Kier molecular flexibility index (Phi) is 6.13. The predicted octanol–water partition coefficient (Wildman–Crippen LogP) is 3.79. The van der Waals surface area contributed by atoms with Crippen molar-refractivity contribution >= 4 is 34.4 Å². The molecule has 0 saturated carbocycles. The maximum absolute atomic E-state index is 12.2. The summed E-state index contributed by atoms with van der Waals surface area (Å²) >= 11 is 1.32. The monoisotopic (exact) mass is 395 g/mol. The fraction of sp³-hybridized carbons (Fsp3) is 0.100. The van der Waals surface area contributed by atoms with Crippen LogP contribution in [0.4, 0.5) is 5.13 Å². The maximum Gasteiger partial charge on any atom is 0.308 e. The quantitative estimate of drug-likeness (QED) is 0.388. The third-order valence-corrected chi connectivity index (χ3v) is 4.29. The van der Waals surface area contributed by atoms with Crippen molar-refractivity contribution in [2.45, 2.75) is 6.92 Å². The Bertz CT molecular complexity index is 1020. The van der Waals surface area contributed by atoms with E-state index in [0.29, 0.717) is 22.3 Å². The maximum atomic E-state index is 12.2. The van der Waals surface area contributed by atoms with Gasteiger partial charge in [0, 0.05) is 24.6 Å². The number of methoxy groups -OCH3 is 1. The van der Waals surface area contributed by atoms with Crippen LogP contribution in [0.5, 0.6) is 11.5 Å². The van der Waals surface area contributed by atoms with Gasteiger partial charge in [-0.25, -0.2) is 4.98 Å². The van der Waals surface area contributed by atoms with Crippen LogP contribution in [0.25, 0.3) is 17.5 Å². The third-order valence-electron chi connectivity index (χ3n) is 3.53. The van der Waals surface area contributed by atoms with Gasteiger partial charge in [-0.3, -0.25) is 19.9 Å². The highest BCUT2D eigenvalue weighted by Gasteiger charge is 2.09. The first kappa shape index (κ1) is 19.2. The molecule has 0 aliphatic heterocycles. The average molecular weight is 395 g/mol. The molecule has 3 aromatic rings. The number of benzene rings is 1. The molecule has 2 heterocycles. The van der Waals surface area contributed by atoms with Crippen molar-refractivity contribution in [3.05, 3.63) is 59.6 Å². The number of rotatable bonds is 6. The molecule has 1 amide bonds. The Hall–Kier alpha value is -3.52. The minimum atomic E-state index is -0.436. The molecule has 3 rings (SSSR count). The SMILES string of the molecule is COc1cc(/C=C/C(=O)Nc2nc(-c3ccccn3)cs2)ccc1OC(C)=O. The smallest absolute Gasteiger partial charge is 0.308 e. The highest BCUT2D eigenvalue weighted by Crippen LogP contribution is 2.28. The number of aromatic nitrogens is 2. The van der Waals surface area contributed by atoms with Crippen molar-refractivity contribution in [1.29, 1.82) is 0 Å². The highest BCUT2D eigenvalue weighted by molar-refractivity contribution is 7.14. The lowest BCUT2D eigenvalue weighted by molar-refractivity contribution is -0.132. The molecule has 0 aliphatic rings. The zero-order chi connectivity index (χ0) is 19.9. The van der Waals surface area contributed by atoms with E-state index < -0.39 is 5.97 Å². The van der Waals surface area contributed by atoms with Gasteiger partial charge < -0.3 is 9.47 Å². The number of pyridine rings is 1. The Balaban J connectivity index is 1.65. The molecular formula is C20H17N3O4S. The molecule has 0 radical (unpaired) electrons. The first-order valence-electron chi connectivity index (χ1n) is 8.27. The molecule has 0 atom stereocenters. The number of thiazole rings is 1. The highest BCUT2D eigenvalue weighted by atomic mass is 32.1. The largest absolute Gasteiger partial charge is 0.493 e. The van der Waals surface area contributed by atoms with Gasteiger partial charge in [-0.1, -0.05) is 12.1 Å². The molecule has 28 heavy (non-hydrogen) atoms. The fourth-order valence-electron chi connectivity index (χ4n) is 2.31. The molecule has 0 spiro atoms. The number of nitrogens with zero attached hydrogens (tertiary/aromatic N) is 2. The molecule has 142 valence electrons. The minimum absolute atomic E-state index is 0.315. The topological polar surface area (TPSA) is 90.4 Å². The van der Waals surface area contributed by atoms with E-state index >= 15 is 0 Å². The fourth-order valence-corrected chi connectivity index (χ4v) is 3.02. The van der Waals surface area contributed by atoms with Gasteiger partial charge in [0.25, 0.3) is 0 Å². The number of carbonyl (C=O) groups excluding carboxylic acids is 2. The van der Waals surface area contributed by atoms with E-state index in [1.54, 1.807) is 30.5 Å². The van der Waals surface area contributed by atoms with Gasteiger partial charge in [0.05, 0.1) is 12.8 Å². The molecule has 0 saturated heterocycles. The molecule has 1 N–H and O–H groups in total. The lowest BCUT2D eigenvalue weighted by atomic mass is 10.2. The summed E-state index contributed by atoms with van der Waals surface area (Å²) in [4.78, 5) is 31.8. The molecule has 7 nitrogen and oxygen atoms in total. The number of esters is 1. The van der Waals surface area contributed by atoms with Gasteiger partial charge in [0.15, 0.2) is 16.6 Å². The normalized spacial score (nSPS) is 10.6. The second-order valence-electron chi connectivity index (χ2n) is 5.58. The van der Waals surface area contributed by atoms with E-state index in [1.807, 2.05) is 23.6 Å². The molecule has 0 aliphatic carbocycles. The number of ether oxygens (including phenoxy) is 2. The van der Waals surface area contributed by atoms with Crippen molar-refractivity contribution < 1.29 is 19.1 Å². The van der Waals surface area contributed by atoms with Gasteiger partial charge in [-0.15, -0.1) is 11.3 Å². The van der Waals surface area contributed by atoms with E-state index in [2.05, 4.69) is 15.3 Å². The van der Waals surface area contributed by atoms with E-state index in [-0.39, 0.29) is 5.91 Å². The van der Waals surface area contributed by atoms with Gasteiger partial charge in [0.2, 0.25) is 5.91 Å². The second-order valence-corrected chi connectivity index (χ2v) is 6.44. The van der Waals surface area contributed by atoms with Crippen LogP contribution in [0, 0.1) is 0 Å². The Morgan fingerprint density at radius 3 is 2.71 bits per heavy atom. The summed E-state index contributed by atoms with van der Waals surface area (Å²) in [6.45, 7) is 1.31. The lowest BCUT2D eigenvalue weighted by Crippen LogP contribution is -2.07. The minimum Gasteiger partial charge on any atom is -0.493 e. The van der Waals surface area contributed by atoms with Crippen molar-refractivity contribution in [3.8, 4) is 22.9 Å². The van der Waals surface area contributed by atoms with E-state index in [1.165, 1.54) is 31.4 Å². The molecule has 1 aromatic carbocycles. The summed E-state index contributed by atoms with van der Waals surface area (Å²) in [6, 6.07) is 10.6. The number of hydrogen-bond acceptors (Lipinski definition) is 7. The van der Waals surface area contributed by atoms with Gasteiger partial charge >= 0.3 is 5.97 Å². The first-order valence-corrected chi connectivity index (χ1v) is 9.15. The van der Waals surface area contributed by atoms with Crippen LogP contribution < -0.4 is 14.8 Å². The van der Waals surface area contributed by atoms with E-state index in [0.717, 1.165) is 11.3 Å². The van der Waals surface area contributed by atoms with Crippen molar-refractivity contribution in [1.82, 2.24) is 9.97 Å². The Labute approximate surface area is 165 Å². The number of carbonyl (C=O) groups is 2. The van der Waals surface area contributed by atoms with Crippen molar-refractivity contribution in [3.63, 3.8) is 0 Å². The number of amides is 1. The van der Waals surface area contributed by atoms with Crippen LogP contribution in [0.3, 0.4) is 0 Å². The third kappa shape index (κ3) is 5.01. The summed E-state index contributed by atoms with van der Waals surface area (Å²) in [5.41, 5.74) is 2.17. The van der Waals surface area contributed by atoms with Crippen LogP contribution in [-0.2, 0) is 9.59 Å². The van der Waals surface area contributed by atoms with Gasteiger partial charge in [0.1, 0.15) is 5.69 Å². The Morgan fingerprint density at radius 2 is 2.00 bits per heavy atom. The molecular weight excluding hydrogens is 378 g/mol. The number of hydrogen-bond donors (Lipinski definition) is 1. The van der Waals surface area contributed by atoms with Crippen LogP contribution in [0.2, 0.25) is 0 Å². The second kappa shape index (κ2) is 8.92. The molecule has 0 bridgehead atoms. The van der Waals surface area contributed by atoms with Crippen LogP contribution >= 0.6 is 11.3 Å². The summed E-state index contributed by atoms with van der Waals surface area (Å²) in [7, 11) is 1.48. The summed E-state index contributed by atoms with van der Waals surface area (Å²) in [5.74, 6) is -0.0291. The number of anilines is 1. The van der Waals surface area contributed by atoms with Crippen LogP contribution in [0.1, 0.15) is 12.5 Å².